The maximum atomic E-state index is 13.6. The Morgan fingerprint density at radius 2 is 1.86 bits per heavy atom. The predicted molar refractivity (Wildman–Crippen MR) is 81.1 cm³/mol. The summed E-state index contributed by atoms with van der Waals surface area (Å²) in [4.78, 5) is 11.8. The van der Waals surface area contributed by atoms with Crippen LogP contribution < -0.4 is 10.6 Å². The first-order chi connectivity index (χ1) is 10.6. The second kappa shape index (κ2) is 7.66. The quantitative estimate of drug-likeness (QED) is 0.861. The zero-order valence-electron chi connectivity index (χ0n) is 12.3. The molecule has 2 rings (SSSR count). The highest BCUT2D eigenvalue weighted by atomic mass is 19.1. The molecular weight excluding hydrogens is 286 g/mol. The summed E-state index contributed by atoms with van der Waals surface area (Å²) in [5.41, 5.74) is 1.34. The highest BCUT2D eigenvalue weighted by molar-refractivity contribution is 5.78. The van der Waals surface area contributed by atoms with Crippen molar-refractivity contribution in [3.05, 3.63) is 71.3 Å². The van der Waals surface area contributed by atoms with Gasteiger partial charge in [0.05, 0.1) is 6.54 Å². The Morgan fingerprint density at radius 3 is 2.55 bits per heavy atom. The number of amides is 1. The Morgan fingerprint density at radius 1 is 1.14 bits per heavy atom. The van der Waals surface area contributed by atoms with Gasteiger partial charge >= 0.3 is 0 Å². The minimum Gasteiger partial charge on any atom is -0.351 e. The number of nitrogens with one attached hydrogen (secondary N) is 2. The Kier molecular flexibility index (Phi) is 5.61. The lowest BCUT2D eigenvalue weighted by atomic mass is 10.1. The molecule has 0 unspecified atom stereocenters. The number of rotatable bonds is 6. The summed E-state index contributed by atoms with van der Waals surface area (Å²) >= 11 is 0. The van der Waals surface area contributed by atoms with Crippen LogP contribution >= 0.6 is 0 Å². The maximum Gasteiger partial charge on any atom is 0.234 e. The Bertz CT molecular complexity index is 632. The van der Waals surface area contributed by atoms with Crippen molar-refractivity contribution in [1.29, 1.82) is 0 Å². The van der Waals surface area contributed by atoms with Crippen LogP contribution in [0.25, 0.3) is 0 Å². The van der Waals surface area contributed by atoms with Gasteiger partial charge in [0.25, 0.3) is 0 Å². The molecule has 3 nitrogen and oxygen atoms in total. The topological polar surface area (TPSA) is 41.1 Å². The van der Waals surface area contributed by atoms with Gasteiger partial charge < -0.3 is 10.6 Å². The van der Waals surface area contributed by atoms with Crippen molar-refractivity contribution < 1.29 is 13.6 Å². The van der Waals surface area contributed by atoms with E-state index in [2.05, 4.69) is 10.6 Å². The minimum absolute atomic E-state index is 0.0603. The monoisotopic (exact) mass is 304 g/mol. The van der Waals surface area contributed by atoms with E-state index in [1.54, 1.807) is 6.92 Å². The van der Waals surface area contributed by atoms with Gasteiger partial charge in [0.15, 0.2) is 0 Å². The van der Waals surface area contributed by atoms with Crippen molar-refractivity contribution in [1.82, 2.24) is 10.6 Å². The van der Waals surface area contributed by atoms with Crippen LogP contribution in [0.5, 0.6) is 0 Å². The molecule has 2 N–H and O–H groups in total. The van der Waals surface area contributed by atoms with Gasteiger partial charge in [-0.05, 0) is 18.6 Å². The highest BCUT2D eigenvalue weighted by Gasteiger charge is 2.12. The lowest BCUT2D eigenvalue weighted by Gasteiger charge is -2.15. The average molecular weight is 304 g/mol. The molecule has 22 heavy (non-hydrogen) atoms. The van der Waals surface area contributed by atoms with Gasteiger partial charge in [0, 0.05) is 24.2 Å². The van der Waals surface area contributed by atoms with Crippen molar-refractivity contribution in [2.24, 2.45) is 0 Å². The minimum atomic E-state index is -0.621. The van der Waals surface area contributed by atoms with Crippen molar-refractivity contribution in [3.8, 4) is 0 Å². The van der Waals surface area contributed by atoms with Crippen molar-refractivity contribution in [2.75, 3.05) is 6.54 Å². The molecule has 1 amide bonds. The molecule has 2 aromatic carbocycles. The largest absolute Gasteiger partial charge is 0.351 e. The van der Waals surface area contributed by atoms with E-state index in [0.29, 0.717) is 12.1 Å². The normalized spacial score (nSPS) is 12.0. The molecule has 0 radical (unpaired) electrons. The Hall–Kier alpha value is -2.27. The molecule has 0 saturated carbocycles. The molecule has 5 heteroatoms. The maximum absolute atomic E-state index is 13.6. The van der Waals surface area contributed by atoms with E-state index in [1.807, 2.05) is 30.3 Å². The fraction of sp³-hybridized carbons (Fsp3) is 0.235. The van der Waals surface area contributed by atoms with Gasteiger partial charge in [0.1, 0.15) is 11.6 Å². The molecule has 1 atom stereocenters. The SMILES string of the molecule is C[C@@H](NCC(=O)NCc1ccccc1)c1ccc(F)cc1F. The van der Waals surface area contributed by atoms with E-state index in [0.717, 1.165) is 11.6 Å². The van der Waals surface area contributed by atoms with Gasteiger partial charge in [0.2, 0.25) is 5.91 Å². The Balaban J connectivity index is 1.80. The molecule has 0 aliphatic carbocycles. The Labute approximate surface area is 128 Å². The molecule has 0 bridgehead atoms. The summed E-state index contributed by atoms with van der Waals surface area (Å²) in [6.07, 6.45) is 0. The van der Waals surface area contributed by atoms with Crippen LogP contribution in [0, 0.1) is 11.6 Å². The zero-order chi connectivity index (χ0) is 15.9. The van der Waals surface area contributed by atoms with Crippen LogP contribution in [-0.2, 0) is 11.3 Å². The first-order valence-electron chi connectivity index (χ1n) is 7.05. The van der Waals surface area contributed by atoms with E-state index in [4.69, 9.17) is 0 Å². The van der Waals surface area contributed by atoms with Crippen LogP contribution in [0.15, 0.2) is 48.5 Å². The van der Waals surface area contributed by atoms with Crippen LogP contribution in [0.1, 0.15) is 24.1 Å². The van der Waals surface area contributed by atoms with E-state index in [1.165, 1.54) is 12.1 Å². The predicted octanol–water partition coefficient (Wildman–Crippen LogP) is 2.93. The first-order valence-corrected chi connectivity index (χ1v) is 7.05. The number of halogens is 2. The molecule has 116 valence electrons. The number of hydrogen-bond donors (Lipinski definition) is 2. The zero-order valence-corrected chi connectivity index (χ0v) is 12.3. The fourth-order valence-electron chi connectivity index (χ4n) is 2.07. The molecule has 0 fully saturated rings. The van der Waals surface area contributed by atoms with Crippen molar-refractivity contribution >= 4 is 5.91 Å². The third kappa shape index (κ3) is 4.63. The molecule has 0 saturated heterocycles. The molecule has 0 aliphatic rings. The van der Waals surface area contributed by atoms with Crippen molar-refractivity contribution in [3.63, 3.8) is 0 Å². The average Bonchev–Trinajstić information content (AvgIpc) is 2.51. The lowest BCUT2D eigenvalue weighted by molar-refractivity contribution is -0.120. The van der Waals surface area contributed by atoms with Crippen LogP contribution in [0.3, 0.4) is 0 Å². The van der Waals surface area contributed by atoms with E-state index in [-0.39, 0.29) is 18.5 Å². The van der Waals surface area contributed by atoms with E-state index in [9.17, 15) is 13.6 Å². The van der Waals surface area contributed by atoms with Crippen molar-refractivity contribution in [2.45, 2.75) is 19.5 Å². The number of hydrogen-bond acceptors (Lipinski definition) is 2. The number of benzene rings is 2. The number of carbonyl (C=O) groups is 1. The fourth-order valence-corrected chi connectivity index (χ4v) is 2.07. The molecular formula is C17H18F2N2O. The second-order valence-electron chi connectivity index (χ2n) is 5.03. The second-order valence-corrected chi connectivity index (χ2v) is 5.03. The summed E-state index contributed by atoms with van der Waals surface area (Å²) in [7, 11) is 0. The summed E-state index contributed by atoms with van der Waals surface area (Å²) in [6, 6.07) is 12.6. The first kappa shape index (κ1) is 16.1. The van der Waals surface area contributed by atoms with Gasteiger partial charge in [-0.15, -0.1) is 0 Å². The summed E-state index contributed by atoms with van der Waals surface area (Å²) < 4.78 is 26.5. The van der Waals surface area contributed by atoms with E-state index < -0.39 is 11.6 Å². The summed E-state index contributed by atoms with van der Waals surface area (Å²) in [5, 5.41) is 5.70. The van der Waals surface area contributed by atoms with E-state index >= 15 is 0 Å². The molecule has 0 heterocycles. The van der Waals surface area contributed by atoms with Gasteiger partial charge in [-0.1, -0.05) is 36.4 Å². The summed E-state index contributed by atoms with van der Waals surface area (Å²) in [6.45, 7) is 2.23. The highest BCUT2D eigenvalue weighted by Crippen LogP contribution is 2.17. The third-order valence-corrected chi connectivity index (χ3v) is 3.33. The summed E-state index contributed by atoms with van der Waals surface area (Å²) in [5.74, 6) is -1.42. The number of carbonyl (C=O) groups excluding carboxylic acids is 1. The standard InChI is InChI=1S/C17H18F2N2O/c1-12(15-8-7-14(18)9-16(15)19)20-11-17(22)21-10-13-5-3-2-4-6-13/h2-9,12,20H,10-11H2,1H3,(H,21,22)/t12-/m1/s1. The van der Waals surface area contributed by atoms with Gasteiger partial charge in [-0.25, -0.2) is 8.78 Å². The third-order valence-electron chi connectivity index (χ3n) is 3.33. The molecule has 0 aliphatic heterocycles. The lowest BCUT2D eigenvalue weighted by Crippen LogP contribution is -2.34. The molecule has 0 aromatic heterocycles. The van der Waals surface area contributed by atoms with Crippen LogP contribution in [-0.4, -0.2) is 12.5 Å². The van der Waals surface area contributed by atoms with Crippen LogP contribution in [0.2, 0.25) is 0 Å². The van der Waals surface area contributed by atoms with Gasteiger partial charge in [-0.2, -0.15) is 0 Å². The molecule has 0 spiro atoms. The van der Waals surface area contributed by atoms with Gasteiger partial charge in [-0.3, -0.25) is 4.79 Å². The van der Waals surface area contributed by atoms with Crippen LogP contribution in [0.4, 0.5) is 8.78 Å². The molecule has 2 aromatic rings. The smallest absolute Gasteiger partial charge is 0.234 e.